The maximum absolute atomic E-state index is 12.7. The molecule has 0 fully saturated rings. The number of hydrogen-bond donors (Lipinski definition) is 7. The van der Waals surface area contributed by atoms with Crippen molar-refractivity contribution in [3.63, 3.8) is 0 Å². The van der Waals surface area contributed by atoms with Crippen molar-refractivity contribution in [2.75, 3.05) is 16.8 Å². The van der Waals surface area contributed by atoms with Gasteiger partial charge in [-0.25, -0.2) is 4.79 Å². The predicted molar refractivity (Wildman–Crippen MR) is 119 cm³/mol. The van der Waals surface area contributed by atoms with Crippen LogP contribution >= 0.6 is 0 Å². The normalized spacial score (nSPS) is 11.6. The first-order valence-corrected chi connectivity index (χ1v) is 9.68. The monoisotopic (exact) mass is 455 g/mol. The molecule has 0 aliphatic carbocycles. The van der Waals surface area contributed by atoms with Gasteiger partial charge in [0, 0.05) is 36.0 Å². The van der Waals surface area contributed by atoms with Crippen LogP contribution in [0.15, 0.2) is 35.3 Å². The average Bonchev–Trinajstić information content (AvgIpc) is 2.75. The Balaban J connectivity index is 1.67. The van der Waals surface area contributed by atoms with Gasteiger partial charge in [0.15, 0.2) is 5.43 Å². The van der Waals surface area contributed by atoms with E-state index in [2.05, 4.69) is 25.6 Å². The Bertz CT molecular complexity index is 1270. The topological polar surface area (TPSA) is 226 Å². The van der Waals surface area contributed by atoms with Crippen LogP contribution in [0.2, 0.25) is 0 Å². The van der Waals surface area contributed by atoms with Gasteiger partial charge in [-0.1, -0.05) is 0 Å². The van der Waals surface area contributed by atoms with Crippen molar-refractivity contribution in [1.82, 2.24) is 20.3 Å². The number of anilines is 3. The largest absolute Gasteiger partial charge is 0.481 e. The molecule has 3 rings (SSSR count). The van der Waals surface area contributed by atoms with Crippen LogP contribution < -0.4 is 27.5 Å². The highest BCUT2D eigenvalue weighted by atomic mass is 16.4. The molecule has 0 aliphatic rings. The minimum Gasteiger partial charge on any atom is -0.481 e. The fraction of sp³-hybridized carbons (Fsp3) is 0.200. The van der Waals surface area contributed by atoms with E-state index < -0.39 is 23.9 Å². The van der Waals surface area contributed by atoms with Crippen molar-refractivity contribution in [2.45, 2.75) is 25.4 Å². The standard InChI is InChI=1S/C20H21N7O6/c21-16-14-15(30)10(8-24-17(14)27-20(22)26-16)7-23-11-3-1-9(2-4-11)18(31)25-12(19(32)33)5-6-13(28)29/h1-4,8,12,23H,5-7H2,(H,25,31)(H,28,29)(H,32,33)(H5,21,22,24,26,27,30)/t12-/m0/s1. The van der Waals surface area contributed by atoms with Gasteiger partial charge >= 0.3 is 11.9 Å². The van der Waals surface area contributed by atoms with E-state index >= 15 is 0 Å². The molecule has 3 aromatic rings. The number of carbonyl (C=O) groups is 3. The van der Waals surface area contributed by atoms with Crippen LogP contribution in [0.5, 0.6) is 0 Å². The molecule has 2 heterocycles. The summed E-state index contributed by atoms with van der Waals surface area (Å²) in [5.74, 6) is -3.21. The van der Waals surface area contributed by atoms with Gasteiger partial charge < -0.3 is 37.3 Å². The number of nitrogens with zero attached hydrogens (tertiary/aromatic N) is 2. The van der Waals surface area contributed by atoms with Gasteiger partial charge in [-0.15, -0.1) is 0 Å². The number of rotatable bonds is 9. The third kappa shape index (κ3) is 5.52. The van der Waals surface area contributed by atoms with Crippen LogP contribution in [0.3, 0.4) is 0 Å². The first-order valence-electron chi connectivity index (χ1n) is 9.68. The molecular formula is C20H21N7O6. The van der Waals surface area contributed by atoms with E-state index in [1.807, 2.05) is 0 Å². The van der Waals surface area contributed by atoms with Gasteiger partial charge in [-0.05, 0) is 30.7 Å². The Hall–Kier alpha value is -4.68. The Labute approximate surface area is 185 Å². The fourth-order valence-corrected chi connectivity index (χ4v) is 3.04. The average molecular weight is 455 g/mol. The van der Waals surface area contributed by atoms with E-state index in [4.69, 9.17) is 21.7 Å². The summed E-state index contributed by atoms with van der Waals surface area (Å²) >= 11 is 0. The fourth-order valence-electron chi connectivity index (χ4n) is 3.04. The number of aliphatic carboxylic acids is 2. The summed E-state index contributed by atoms with van der Waals surface area (Å²) in [4.78, 5) is 57.5. The highest BCUT2D eigenvalue weighted by Crippen LogP contribution is 2.15. The van der Waals surface area contributed by atoms with Gasteiger partial charge in [0.1, 0.15) is 22.9 Å². The van der Waals surface area contributed by atoms with E-state index in [9.17, 15) is 19.2 Å². The van der Waals surface area contributed by atoms with Gasteiger partial charge in [0.2, 0.25) is 5.95 Å². The number of hydrogen-bond acceptors (Lipinski definition) is 9. The number of nitrogen functional groups attached to an aromatic ring is 2. The molecule has 0 aliphatic heterocycles. The lowest BCUT2D eigenvalue weighted by atomic mass is 10.1. The Kier molecular flexibility index (Phi) is 6.71. The molecule has 1 atom stereocenters. The second-order valence-electron chi connectivity index (χ2n) is 7.06. The summed E-state index contributed by atoms with van der Waals surface area (Å²) < 4.78 is 0. The van der Waals surface area contributed by atoms with Gasteiger partial charge in [-0.3, -0.25) is 14.4 Å². The van der Waals surface area contributed by atoms with Crippen molar-refractivity contribution in [2.24, 2.45) is 0 Å². The Morgan fingerprint density at radius 3 is 2.42 bits per heavy atom. The number of aromatic amines is 1. The van der Waals surface area contributed by atoms with Crippen LogP contribution in [0.1, 0.15) is 28.8 Å². The van der Waals surface area contributed by atoms with Crippen molar-refractivity contribution >= 4 is 46.3 Å². The summed E-state index contributed by atoms with van der Waals surface area (Å²) in [7, 11) is 0. The number of aromatic nitrogens is 3. The molecule has 13 nitrogen and oxygen atoms in total. The molecule has 0 unspecified atom stereocenters. The van der Waals surface area contributed by atoms with E-state index in [1.165, 1.54) is 18.3 Å². The van der Waals surface area contributed by atoms with E-state index in [0.29, 0.717) is 11.3 Å². The predicted octanol–water partition coefficient (Wildman–Crippen LogP) is 0.142. The van der Waals surface area contributed by atoms with Crippen LogP contribution in [0.25, 0.3) is 11.0 Å². The summed E-state index contributed by atoms with van der Waals surface area (Å²) in [6.07, 6.45) is 0.853. The number of carboxylic acids is 2. The molecule has 0 saturated heterocycles. The summed E-state index contributed by atoms with van der Waals surface area (Å²) in [5.41, 5.74) is 12.3. The van der Waals surface area contributed by atoms with Crippen LogP contribution in [0.4, 0.5) is 17.5 Å². The SMILES string of the molecule is Nc1nc(N)c2c(=O)c(CNc3ccc(C(=O)N[C@@H](CCC(=O)O)C(=O)O)cc3)c[nH]c2n1. The summed E-state index contributed by atoms with van der Waals surface area (Å²) in [6, 6.07) is 4.77. The highest BCUT2D eigenvalue weighted by molar-refractivity contribution is 5.97. The smallest absolute Gasteiger partial charge is 0.326 e. The van der Waals surface area contributed by atoms with Crippen molar-refractivity contribution in [3.05, 3.63) is 51.8 Å². The lowest BCUT2D eigenvalue weighted by Gasteiger charge is -2.14. The second-order valence-corrected chi connectivity index (χ2v) is 7.06. The highest BCUT2D eigenvalue weighted by Gasteiger charge is 2.21. The number of fused-ring (bicyclic) bond motifs is 1. The number of H-pyrrole nitrogens is 1. The number of nitrogens with one attached hydrogen (secondary N) is 3. The molecule has 0 radical (unpaired) electrons. The minimum atomic E-state index is -1.32. The zero-order valence-corrected chi connectivity index (χ0v) is 17.2. The molecular weight excluding hydrogens is 434 g/mol. The third-order valence-electron chi connectivity index (χ3n) is 4.74. The Morgan fingerprint density at radius 1 is 1.09 bits per heavy atom. The molecule has 33 heavy (non-hydrogen) atoms. The van der Waals surface area contributed by atoms with E-state index in [0.717, 1.165) is 0 Å². The number of benzene rings is 1. The number of nitrogens with two attached hydrogens (primary N) is 2. The molecule has 0 bridgehead atoms. The number of amides is 1. The summed E-state index contributed by atoms with van der Waals surface area (Å²) in [5, 5.41) is 23.3. The minimum absolute atomic E-state index is 0.0287. The Morgan fingerprint density at radius 2 is 1.79 bits per heavy atom. The third-order valence-corrected chi connectivity index (χ3v) is 4.74. The molecule has 0 saturated carbocycles. The second kappa shape index (κ2) is 9.64. The van der Waals surface area contributed by atoms with Crippen molar-refractivity contribution in [3.8, 4) is 0 Å². The van der Waals surface area contributed by atoms with Crippen LogP contribution in [0, 0.1) is 0 Å². The summed E-state index contributed by atoms with van der Waals surface area (Å²) in [6.45, 7) is 0.136. The van der Waals surface area contributed by atoms with Crippen molar-refractivity contribution in [1.29, 1.82) is 0 Å². The van der Waals surface area contributed by atoms with Gasteiger partial charge in [-0.2, -0.15) is 9.97 Å². The van der Waals surface area contributed by atoms with Crippen LogP contribution in [-0.4, -0.2) is 49.1 Å². The lowest BCUT2D eigenvalue weighted by Crippen LogP contribution is -2.41. The number of pyridine rings is 1. The molecule has 1 amide bonds. The zero-order valence-electron chi connectivity index (χ0n) is 17.2. The number of carbonyl (C=O) groups excluding carboxylic acids is 1. The first kappa shape index (κ1) is 23.0. The van der Waals surface area contributed by atoms with Crippen molar-refractivity contribution < 1.29 is 24.6 Å². The van der Waals surface area contributed by atoms with E-state index in [-0.39, 0.29) is 53.2 Å². The quantitative estimate of drug-likeness (QED) is 0.229. The lowest BCUT2D eigenvalue weighted by molar-refractivity contribution is -0.140. The molecule has 0 spiro atoms. The zero-order chi connectivity index (χ0) is 24.1. The molecule has 1 aromatic carbocycles. The van der Waals surface area contributed by atoms with E-state index in [1.54, 1.807) is 12.1 Å². The van der Waals surface area contributed by atoms with Crippen LogP contribution in [-0.2, 0) is 16.1 Å². The maximum atomic E-state index is 12.7. The molecule has 2 aromatic heterocycles. The first-order chi connectivity index (χ1) is 15.7. The maximum Gasteiger partial charge on any atom is 0.326 e. The van der Waals surface area contributed by atoms with Gasteiger partial charge in [0.25, 0.3) is 5.91 Å². The number of carboxylic acid groups (broad SMARTS) is 2. The molecule has 172 valence electrons. The molecule has 13 heteroatoms. The molecule has 9 N–H and O–H groups in total. The van der Waals surface area contributed by atoms with Gasteiger partial charge in [0.05, 0.1) is 0 Å².